The van der Waals surface area contributed by atoms with E-state index in [1.807, 2.05) is 0 Å². The molecule has 0 amide bonds. The van der Waals surface area contributed by atoms with E-state index in [1.54, 1.807) is 31.2 Å². The highest BCUT2D eigenvalue weighted by Gasteiger charge is 2.12. The summed E-state index contributed by atoms with van der Waals surface area (Å²) in [5.41, 5.74) is 1.62. The summed E-state index contributed by atoms with van der Waals surface area (Å²) in [7, 11) is 0. The Hall–Kier alpha value is -1.52. The van der Waals surface area contributed by atoms with Gasteiger partial charge in [-0.05, 0) is 31.2 Å². The van der Waals surface area contributed by atoms with Crippen LogP contribution in [0.1, 0.15) is 17.4 Å². The largest absolute Gasteiger partial charge is 0.461 e. The zero-order valence-electron chi connectivity index (χ0n) is 9.54. The predicted octanol–water partition coefficient (Wildman–Crippen LogP) is 3.56. The standard InChI is InChI=1S/C12H10Cl2N2O2/c1-2-18-12(17)11-6-10(15-16-11)7-3-8(13)5-9(14)4-7/h3-6H,2H2,1H3,(H,15,16). The Kier molecular flexibility index (Phi) is 3.89. The minimum Gasteiger partial charge on any atom is -0.461 e. The molecule has 0 aliphatic rings. The molecule has 0 saturated carbocycles. The van der Waals surface area contributed by atoms with Crippen molar-refractivity contribution in [2.75, 3.05) is 6.61 Å². The molecule has 0 bridgehead atoms. The van der Waals surface area contributed by atoms with Crippen molar-refractivity contribution in [3.05, 3.63) is 40.0 Å². The van der Waals surface area contributed by atoms with E-state index in [1.165, 1.54) is 0 Å². The lowest BCUT2D eigenvalue weighted by atomic mass is 10.1. The Morgan fingerprint density at radius 3 is 2.56 bits per heavy atom. The molecule has 0 atom stereocenters. The topological polar surface area (TPSA) is 55.0 Å². The molecule has 18 heavy (non-hydrogen) atoms. The number of aromatic amines is 1. The van der Waals surface area contributed by atoms with Crippen LogP contribution < -0.4 is 0 Å². The van der Waals surface area contributed by atoms with Gasteiger partial charge in [-0.3, -0.25) is 5.10 Å². The van der Waals surface area contributed by atoms with Crippen LogP contribution in [0.5, 0.6) is 0 Å². The number of nitrogens with one attached hydrogen (secondary N) is 1. The maximum atomic E-state index is 11.5. The van der Waals surface area contributed by atoms with Crippen LogP contribution in [-0.4, -0.2) is 22.8 Å². The molecule has 1 heterocycles. The fourth-order valence-electron chi connectivity index (χ4n) is 1.48. The second-order valence-electron chi connectivity index (χ2n) is 3.55. The van der Waals surface area contributed by atoms with Crippen LogP contribution in [0.15, 0.2) is 24.3 Å². The number of aromatic nitrogens is 2. The Morgan fingerprint density at radius 2 is 1.94 bits per heavy atom. The van der Waals surface area contributed by atoms with Gasteiger partial charge < -0.3 is 4.74 Å². The highest BCUT2D eigenvalue weighted by molar-refractivity contribution is 6.35. The maximum absolute atomic E-state index is 11.5. The zero-order chi connectivity index (χ0) is 13.1. The monoisotopic (exact) mass is 284 g/mol. The number of hydrogen-bond donors (Lipinski definition) is 1. The van der Waals surface area contributed by atoms with Gasteiger partial charge in [-0.15, -0.1) is 0 Å². The van der Waals surface area contributed by atoms with E-state index in [4.69, 9.17) is 27.9 Å². The number of ether oxygens (including phenoxy) is 1. The molecule has 94 valence electrons. The molecule has 1 aromatic heterocycles. The predicted molar refractivity (Wildman–Crippen MR) is 70.0 cm³/mol. The fraction of sp³-hybridized carbons (Fsp3) is 0.167. The van der Waals surface area contributed by atoms with E-state index in [-0.39, 0.29) is 0 Å². The lowest BCUT2D eigenvalue weighted by Gasteiger charge is -1.98. The van der Waals surface area contributed by atoms with Crippen molar-refractivity contribution in [3.8, 4) is 11.3 Å². The van der Waals surface area contributed by atoms with Crippen molar-refractivity contribution in [1.82, 2.24) is 10.2 Å². The lowest BCUT2D eigenvalue weighted by Crippen LogP contribution is -2.04. The van der Waals surface area contributed by atoms with Crippen molar-refractivity contribution in [1.29, 1.82) is 0 Å². The van der Waals surface area contributed by atoms with Crippen LogP contribution >= 0.6 is 23.2 Å². The average molecular weight is 285 g/mol. The van der Waals surface area contributed by atoms with Crippen LogP contribution in [0, 0.1) is 0 Å². The van der Waals surface area contributed by atoms with Crippen LogP contribution in [0.25, 0.3) is 11.3 Å². The van der Waals surface area contributed by atoms with Crippen LogP contribution in [0.3, 0.4) is 0 Å². The first-order chi connectivity index (χ1) is 8.60. The normalized spacial score (nSPS) is 10.4. The molecule has 0 aliphatic heterocycles. The number of rotatable bonds is 3. The third-order valence-corrected chi connectivity index (χ3v) is 2.67. The minimum absolute atomic E-state index is 0.294. The summed E-state index contributed by atoms with van der Waals surface area (Å²) in [6.45, 7) is 2.06. The van der Waals surface area contributed by atoms with Crippen molar-refractivity contribution in [2.24, 2.45) is 0 Å². The van der Waals surface area contributed by atoms with Gasteiger partial charge in [0.2, 0.25) is 0 Å². The molecule has 0 unspecified atom stereocenters. The molecular formula is C12H10Cl2N2O2. The number of carbonyl (C=O) groups excluding carboxylic acids is 1. The van der Waals surface area contributed by atoms with E-state index in [0.29, 0.717) is 28.0 Å². The minimum atomic E-state index is -0.440. The first kappa shape index (κ1) is 12.9. The van der Waals surface area contributed by atoms with Crippen molar-refractivity contribution >= 4 is 29.2 Å². The van der Waals surface area contributed by atoms with Crippen LogP contribution in [-0.2, 0) is 4.74 Å². The van der Waals surface area contributed by atoms with Gasteiger partial charge in [0.05, 0.1) is 12.3 Å². The first-order valence-corrected chi connectivity index (χ1v) is 6.04. The molecule has 0 aliphatic carbocycles. The fourth-order valence-corrected chi connectivity index (χ4v) is 2.01. The third-order valence-electron chi connectivity index (χ3n) is 2.23. The summed E-state index contributed by atoms with van der Waals surface area (Å²) in [5, 5.41) is 7.67. The summed E-state index contributed by atoms with van der Waals surface area (Å²) in [4.78, 5) is 11.5. The molecule has 1 aromatic carbocycles. The van der Waals surface area contributed by atoms with E-state index >= 15 is 0 Å². The van der Waals surface area contributed by atoms with Gasteiger partial charge in [-0.2, -0.15) is 5.10 Å². The number of carbonyl (C=O) groups is 1. The number of nitrogens with zero attached hydrogens (tertiary/aromatic N) is 1. The Balaban J connectivity index is 2.32. The van der Waals surface area contributed by atoms with Gasteiger partial charge >= 0.3 is 5.97 Å². The van der Waals surface area contributed by atoms with E-state index in [0.717, 1.165) is 5.56 Å². The molecule has 1 N–H and O–H groups in total. The molecule has 4 nitrogen and oxygen atoms in total. The summed E-state index contributed by atoms with van der Waals surface area (Å²) in [6, 6.07) is 6.67. The Bertz CT molecular complexity index is 561. The maximum Gasteiger partial charge on any atom is 0.356 e. The van der Waals surface area contributed by atoms with Gasteiger partial charge in [0.1, 0.15) is 5.69 Å². The van der Waals surface area contributed by atoms with Crippen molar-refractivity contribution in [3.63, 3.8) is 0 Å². The molecule has 2 aromatic rings. The number of H-pyrrole nitrogens is 1. The van der Waals surface area contributed by atoms with Gasteiger partial charge in [-0.25, -0.2) is 4.79 Å². The summed E-state index contributed by atoms with van der Waals surface area (Å²) < 4.78 is 4.86. The summed E-state index contributed by atoms with van der Waals surface area (Å²) >= 11 is 11.8. The molecule has 0 fully saturated rings. The van der Waals surface area contributed by atoms with E-state index < -0.39 is 5.97 Å². The summed E-state index contributed by atoms with van der Waals surface area (Å²) in [6.07, 6.45) is 0. The van der Waals surface area contributed by atoms with Gasteiger partial charge in [0, 0.05) is 15.6 Å². The zero-order valence-corrected chi connectivity index (χ0v) is 11.0. The molecule has 6 heteroatoms. The van der Waals surface area contributed by atoms with Crippen LogP contribution in [0.4, 0.5) is 0 Å². The van der Waals surface area contributed by atoms with Crippen molar-refractivity contribution in [2.45, 2.75) is 6.92 Å². The van der Waals surface area contributed by atoms with Crippen LogP contribution in [0.2, 0.25) is 10.0 Å². The highest BCUT2D eigenvalue weighted by Crippen LogP contribution is 2.26. The lowest BCUT2D eigenvalue weighted by molar-refractivity contribution is 0.0519. The number of hydrogen-bond acceptors (Lipinski definition) is 3. The number of halogens is 2. The molecule has 2 rings (SSSR count). The highest BCUT2D eigenvalue weighted by atomic mass is 35.5. The number of esters is 1. The smallest absolute Gasteiger partial charge is 0.356 e. The second-order valence-corrected chi connectivity index (χ2v) is 4.42. The van der Waals surface area contributed by atoms with Gasteiger partial charge in [0.25, 0.3) is 0 Å². The molecule has 0 saturated heterocycles. The molecule has 0 radical (unpaired) electrons. The molecular weight excluding hydrogens is 275 g/mol. The van der Waals surface area contributed by atoms with Crippen molar-refractivity contribution < 1.29 is 9.53 Å². The van der Waals surface area contributed by atoms with E-state index in [2.05, 4.69) is 10.2 Å². The Labute approximate surface area is 114 Å². The Morgan fingerprint density at radius 1 is 1.28 bits per heavy atom. The third kappa shape index (κ3) is 2.83. The van der Waals surface area contributed by atoms with Gasteiger partial charge in [-0.1, -0.05) is 23.2 Å². The second kappa shape index (κ2) is 5.42. The average Bonchev–Trinajstić information content (AvgIpc) is 2.77. The SMILES string of the molecule is CCOC(=O)c1cc(-c2cc(Cl)cc(Cl)c2)n[nH]1. The van der Waals surface area contributed by atoms with E-state index in [9.17, 15) is 4.79 Å². The molecule has 0 spiro atoms. The quantitative estimate of drug-likeness (QED) is 0.877. The van der Waals surface area contributed by atoms with Gasteiger partial charge in [0.15, 0.2) is 0 Å². The number of benzene rings is 1. The first-order valence-electron chi connectivity index (χ1n) is 5.29. The summed E-state index contributed by atoms with van der Waals surface area (Å²) in [5.74, 6) is -0.440.